The molecule has 148 valence electrons. The number of carbonyl (C=O) groups excluding carboxylic acids is 1. The Morgan fingerprint density at radius 3 is 2.75 bits per heavy atom. The standard InChI is InChI=1S/C20H21FN2O3S2/c1-13-4-9-16-17(12-22)20(27-18(16)11-13)23-19(24)3-2-10-28(25,26)15-7-5-14(21)6-8-15/h5-8,13H,2-4,9-11H2,1H3,(H,23,24)/t13-/m1/s1. The topological polar surface area (TPSA) is 87.0 Å². The summed E-state index contributed by atoms with van der Waals surface area (Å²) in [6, 6.07) is 6.85. The molecule has 0 saturated carbocycles. The largest absolute Gasteiger partial charge is 0.317 e. The van der Waals surface area contributed by atoms with Crippen LogP contribution in [-0.4, -0.2) is 20.1 Å². The molecule has 1 amide bonds. The number of hydrogen-bond acceptors (Lipinski definition) is 5. The number of benzene rings is 1. The number of amides is 1. The smallest absolute Gasteiger partial charge is 0.225 e. The molecule has 0 saturated heterocycles. The zero-order valence-corrected chi connectivity index (χ0v) is 17.1. The third-order valence-electron chi connectivity index (χ3n) is 4.87. The number of hydrogen-bond donors (Lipinski definition) is 1. The third-order valence-corrected chi connectivity index (χ3v) is 7.85. The second-order valence-electron chi connectivity index (χ2n) is 7.09. The summed E-state index contributed by atoms with van der Waals surface area (Å²) in [5, 5.41) is 12.8. The van der Waals surface area contributed by atoms with Gasteiger partial charge in [-0.2, -0.15) is 5.26 Å². The molecule has 3 rings (SSSR count). The Balaban J connectivity index is 1.59. The van der Waals surface area contributed by atoms with Gasteiger partial charge in [0.05, 0.1) is 16.2 Å². The van der Waals surface area contributed by atoms with Crippen LogP contribution < -0.4 is 5.32 Å². The van der Waals surface area contributed by atoms with Crippen molar-refractivity contribution in [3.05, 3.63) is 46.1 Å². The second kappa shape index (κ2) is 8.41. The molecule has 1 aromatic heterocycles. The summed E-state index contributed by atoms with van der Waals surface area (Å²) in [6.07, 6.45) is 2.98. The van der Waals surface area contributed by atoms with Crippen molar-refractivity contribution in [1.82, 2.24) is 0 Å². The van der Waals surface area contributed by atoms with E-state index in [1.807, 2.05) is 0 Å². The number of carbonyl (C=O) groups is 1. The number of fused-ring (bicyclic) bond motifs is 1. The highest BCUT2D eigenvalue weighted by atomic mass is 32.2. The molecule has 1 aromatic carbocycles. The van der Waals surface area contributed by atoms with Crippen LogP contribution in [0.25, 0.3) is 0 Å². The number of sulfone groups is 1. The van der Waals surface area contributed by atoms with Gasteiger partial charge in [0.15, 0.2) is 9.84 Å². The quantitative estimate of drug-likeness (QED) is 0.714. The Labute approximate surface area is 168 Å². The predicted octanol–water partition coefficient (Wildman–Crippen LogP) is 4.08. The Hall–Kier alpha value is -2.24. The van der Waals surface area contributed by atoms with E-state index in [0.29, 0.717) is 16.5 Å². The summed E-state index contributed by atoms with van der Waals surface area (Å²) in [6.45, 7) is 2.18. The van der Waals surface area contributed by atoms with E-state index in [1.54, 1.807) is 0 Å². The predicted molar refractivity (Wildman–Crippen MR) is 107 cm³/mol. The number of rotatable bonds is 6. The first-order valence-electron chi connectivity index (χ1n) is 9.13. The maximum atomic E-state index is 12.9. The normalized spacial score (nSPS) is 16.2. The fraction of sp³-hybridized carbons (Fsp3) is 0.400. The van der Waals surface area contributed by atoms with E-state index in [2.05, 4.69) is 18.3 Å². The van der Waals surface area contributed by atoms with Gasteiger partial charge in [-0.3, -0.25) is 4.79 Å². The second-order valence-corrected chi connectivity index (χ2v) is 10.3. The monoisotopic (exact) mass is 420 g/mol. The van der Waals surface area contributed by atoms with Gasteiger partial charge >= 0.3 is 0 Å². The molecule has 28 heavy (non-hydrogen) atoms. The number of nitriles is 1. The fourth-order valence-electron chi connectivity index (χ4n) is 3.33. The van der Waals surface area contributed by atoms with Crippen LogP contribution in [-0.2, 0) is 27.5 Å². The van der Waals surface area contributed by atoms with Crippen LogP contribution in [0.5, 0.6) is 0 Å². The van der Waals surface area contributed by atoms with Crippen molar-refractivity contribution in [1.29, 1.82) is 5.26 Å². The lowest BCUT2D eigenvalue weighted by Gasteiger charge is -2.17. The molecule has 0 spiro atoms. The maximum Gasteiger partial charge on any atom is 0.225 e. The first-order chi connectivity index (χ1) is 13.3. The zero-order valence-electron chi connectivity index (χ0n) is 15.5. The average Bonchev–Trinajstić information content (AvgIpc) is 2.97. The summed E-state index contributed by atoms with van der Waals surface area (Å²) in [5.41, 5.74) is 1.58. The molecule has 2 aromatic rings. The van der Waals surface area contributed by atoms with Crippen LogP contribution in [0, 0.1) is 23.1 Å². The number of nitrogens with zero attached hydrogens (tertiary/aromatic N) is 1. The van der Waals surface area contributed by atoms with Crippen LogP contribution in [0.3, 0.4) is 0 Å². The molecule has 1 N–H and O–H groups in total. The highest BCUT2D eigenvalue weighted by molar-refractivity contribution is 7.91. The summed E-state index contributed by atoms with van der Waals surface area (Å²) in [7, 11) is -3.56. The fourth-order valence-corrected chi connectivity index (χ4v) is 6.02. The van der Waals surface area contributed by atoms with Gasteiger partial charge in [0.1, 0.15) is 16.9 Å². The Morgan fingerprint density at radius 1 is 1.36 bits per heavy atom. The van der Waals surface area contributed by atoms with Crippen LogP contribution in [0.4, 0.5) is 9.39 Å². The summed E-state index contributed by atoms with van der Waals surface area (Å²) in [5.74, 6) is -0.440. The molecule has 0 bridgehead atoms. The minimum Gasteiger partial charge on any atom is -0.317 e. The van der Waals surface area contributed by atoms with Crippen LogP contribution in [0.1, 0.15) is 42.2 Å². The summed E-state index contributed by atoms with van der Waals surface area (Å²) < 4.78 is 37.4. The molecule has 1 aliphatic carbocycles. The molecular formula is C20H21FN2O3S2. The van der Waals surface area contributed by atoms with Crippen molar-refractivity contribution in [2.24, 2.45) is 5.92 Å². The first-order valence-corrected chi connectivity index (χ1v) is 11.6. The molecule has 1 atom stereocenters. The SMILES string of the molecule is C[C@@H]1CCc2c(sc(NC(=O)CCCS(=O)(=O)c3ccc(F)cc3)c2C#N)C1. The van der Waals surface area contributed by atoms with Gasteiger partial charge in [-0.25, -0.2) is 12.8 Å². The molecule has 0 fully saturated rings. The minimum atomic E-state index is -3.56. The van der Waals surface area contributed by atoms with Crippen molar-refractivity contribution >= 4 is 32.1 Å². The number of halogens is 1. The van der Waals surface area contributed by atoms with Crippen molar-refractivity contribution < 1.29 is 17.6 Å². The van der Waals surface area contributed by atoms with Crippen molar-refractivity contribution in [2.75, 3.05) is 11.1 Å². The lowest BCUT2D eigenvalue weighted by atomic mass is 9.89. The number of nitrogens with one attached hydrogen (secondary N) is 1. The molecule has 0 unspecified atom stereocenters. The molecular weight excluding hydrogens is 399 g/mol. The van der Waals surface area contributed by atoms with Gasteiger partial charge in [-0.15, -0.1) is 11.3 Å². The number of thiophene rings is 1. The highest BCUT2D eigenvalue weighted by Gasteiger charge is 2.24. The molecule has 5 nitrogen and oxygen atoms in total. The van der Waals surface area contributed by atoms with Crippen LogP contribution >= 0.6 is 11.3 Å². The third kappa shape index (κ3) is 4.59. The number of anilines is 1. The molecule has 1 heterocycles. The summed E-state index contributed by atoms with van der Waals surface area (Å²) >= 11 is 1.45. The Kier molecular flexibility index (Phi) is 6.16. The maximum absolute atomic E-state index is 12.9. The molecule has 0 aliphatic heterocycles. The van der Waals surface area contributed by atoms with E-state index < -0.39 is 15.7 Å². The van der Waals surface area contributed by atoms with Crippen LogP contribution in [0.15, 0.2) is 29.2 Å². The summed E-state index contributed by atoms with van der Waals surface area (Å²) in [4.78, 5) is 13.5. The van der Waals surface area contributed by atoms with Gasteiger partial charge in [-0.05, 0) is 61.4 Å². The van der Waals surface area contributed by atoms with E-state index in [9.17, 15) is 22.9 Å². The van der Waals surface area contributed by atoms with Crippen LogP contribution in [0.2, 0.25) is 0 Å². The highest BCUT2D eigenvalue weighted by Crippen LogP contribution is 2.39. The van der Waals surface area contributed by atoms with Gasteiger partial charge in [-0.1, -0.05) is 6.92 Å². The van der Waals surface area contributed by atoms with Gasteiger partial charge in [0, 0.05) is 11.3 Å². The lowest BCUT2D eigenvalue weighted by Crippen LogP contribution is -2.14. The average molecular weight is 421 g/mol. The van der Waals surface area contributed by atoms with E-state index in [0.717, 1.165) is 41.8 Å². The van der Waals surface area contributed by atoms with Crippen molar-refractivity contribution in [2.45, 2.75) is 43.9 Å². The first kappa shape index (κ1) is 20.5. The van der Waals surface area contributed by atoms with Gasteiger partial charge in [0.25, 0.3) is 0 Å². The van der Waals surface area contributed by atoms with E-state index in [-0.39, 0.29) is 29.4 Å². The van der Waals surface area contributed by atoms with Crippen molar-refractivity contribution in [3.63, 3.8) is 0 Å². The molecule has 1 aliphatic rings. The van der Waals surface area contributed by atoms with E-state index in [1.165, 1.54) is 23.5 Å². The zero-order chi connectivity index (χ0) is 20.3. The van der Waals surface area contributed by atoms with E-state index in [4.69, 9.17) is 0 Å². The lowest BCUT2D eigenvalue weighted by molar-refractivity contribution is -0.116. The van der Waals surface area contributed by atoms with Gasteiger partial charge < -0.3 is 5.32 Å². The Morgan fingerprint density at radius 2 is 2.07 bits per heavy atom. The minimum absolute atomic E-state index is 0.0320. The van der Waals surface area contributed by atoms with Crippen molar-refractivity contribution in [3.8, 4) is 6.07 Å². The van der Waals surface area contributed by atoms with Gasteiger partial charge in [0.2, 0.25) is 5.91 Å². The van der Waals surface area contributed by atoms with E-state index >= 15 is 0 Å². The molecule has 0 radical (unpaired) electrons. The Bertz CT molecular complexity index is 1020. The molecule has 8 heteroatoms.